The molecule has 3 N–H and O–H groups in total. The van der Waals surface area contributed by atoms with E-state index < -0.39 is 29.4 Å². The van der Waals surface area contributed by atoms with E-state index in [0.717, 1.165) is 0 Å². The van der Waals surface area contributed by atoms with Crippen molar-refractivity contribution in [2.75, 3.05) is 43.5 Å². The van der Waals surface area contributed by atoms with Gasteiger partial charge < -0.3 is 30.0 Å². The zero-order valence-corrected chi connectivity index (χ0v) is 26.6. The standard InChI is InChI=1S/C32H39ClFN5O6/c1-20(40)17-39(18-30(42)45-32(2,3)4)11-5-6-29(41)38-27-15-23-26(16-28(27)44-22-9-12-43-13-10-22)35-19-36-31(23)37-21-7-8-25(34)24(33)14-21/h5-8,14-16,19-20,22,40H,9-13,17-18H2,1-4H3,(H,38,41)(H,35,36,37)/t20-/m1/s1. The summed E-state index contributed by atoms with van der Waals surface area (Å²) in [5.41, 5.74) is 0.839. The Morgan fingerprint density at radius 1 is 1.22 bits per heavy atom. The van der Waals surface area contributed by atoms with Crippen molar-refractivity contribution in [3.05, 3.63) is 59.7 Å². The van der Waals surface area contributed by atoms with Gasteiger partial charge in [-0.2, -0.15) is 0 Å². The minimum absolute atomic E-state index is 0.0386. The number of aliphatic hydroxyl groups excluding tert-OH is 1. The van der Waals surface area contributed by atoms with E-state index in [1.54, 1.807) is 50.8 Å². The molecule has 2 aromatic carbocycles. The van der Waals surface area contributed by atoms with Crippen LogP contribution in [0.25, 0.3) is 10.9 Å². The first-order valence-corrected chi connectivity index (χ1v) is 15.1. The maximum absolute atomic E-state index is 13.7. The second kappa shape index (κ2) is 15.4. The van der Waals surface area contributed by atoms with Crippen LogP contribution in [0.4, 0.5) is 21.6 Å². The van der Waals surface area contributed by atoms with E-state index in [1.807, 2.05) is 0 Å². The van der Waals surface area contributed by atoms with Crippen molar-refractivity contribution in [1.29, 1.82) is 0 Å². The number of fused-ring (bicyclic) bond motifs is 1. The number of ether oxygens (including phenoxy) is 3. The third-order valence-electron chi connectivity index (χ3n) is 6.57. The third-order valence-corrected chi connectivity index (χ3v) is 6.86. The Hall–Kier alpha value is -3.84. The molecule has 1 saturated heterocycles. The van der Waals surface area contributed by atoms with Crippen molar-refractivity contribution >= 4 is 51.6 Å². The molecule has 0 unspecified atom stereocenters. The van der Waals surface area contributed by atoms with Gasteiger partial charge in [0.25, 0.3) is 0 Å². The maximum atomic E-state index is 13.7. The average molecular weight is 644 g/mol. The van der Waals surface area contributed by atoms with E-state index in [9.17, 15) is 19.1 Å². The monoisotopic (exact) mass is 643 g/mol. The molecule has 0 spiro atoms. The molecule has 1 aromatic heterocycles. The molecule has 4 rings (SSSR count). The number of anilines is 3. The normalized spacial score (nSPS) is 14.9. The molecule has 1 aliphatic rings. The molecule has 242 valence electrons. The Morgan fingerprint density at radius 3 is 2.67 bits per heavy atom. The van der Waals surface area contributed by atoms with Crippen LogP contribution in [0.1, 0.15) is 40.5 Å². The zero-order valence-electron chi connectivity index (χ0n) is 25.8. The molecule has 1 aliphatic heterocycles. The second-order valence-electron chi connectivity index (χ2n) is 11.8. The quantitative estimate of drug-likeness (QED) is 0.178. The highest BCUT2D eigenvalue weighted by molar-refractivity contribution is 6.31. The summed E-state index contributed by atoms with van der Waals surface area (Å²) in [5, 5.41) is 16.5. The van der Waals surface area contributed by atoms with Crippen LogP contribution in [0.3, 0.4) is 0 Å². The summed E-state index contributed by atoms with van der Waals surface area (Å²) in [6.07, 6.45) is 4.96. The van der Waals surface area contributed by atoms with Crippen LogP contribution in [0.2, 0.25) is 5.02 Å². The molecule has 1 fully saturated rings. The Balaban J connectivity index is 1.56. The van der Waals surface area contributed by atoms with E-state index in [-0.39, 0.29) is 30.8 Å². The number of aliphatic hydroxyl groups is 1. The summed E-state index contributed by atoms with van der Waals surface area (Å²) in [7, 11) is 0. The number of nitrogens with zero attached hydrogens (tertiary/aromatic N) is 3. The summed E-state index contributed by atoms with van der Waals surface area (Å²) in [5.74, 6) is -0.547. The fourth-order valence-electron chi connectivity index (χ4n) is 4.68. The number of hydrogen-bond donors (Lipinski definition) is 3. The van der Waals surface area contributed by atoms with Gasteiger partial charge in [0.15, 0.2) is 0 Å². The van der Waals surface area contributed by atoms with Gasteiger partial charge >= 0.3 is 5.97 Å². The molecule has 1 amide bonds. The van der Waals surface area contributed by atoms with Crippen LogP contribution in [0.5, 0.6) is 5.75 Å². The highest BCUT2D eigenvalue weighted by Crippen LogP contribution is 2.35. The molecule has 0 saturated carbocycles. The highest BCUT2D eigenvalue weighted by Gasteiger charge is 2.21. The van der Waals surface area contributed by atoms with Crippen LogP contribution in [0.15, 0.2) is 48.8 Å². The number of carbonyl (C=O) groups excluding carboxylic acids is 2. The van der Waals surface area contributed by atoms with Crippen molar-refractivity contribution in [3.8, 4) is 5.75 Å². The van der Waals surface area contributed by atoms with Crippen molar-refractivity contribution in [2.45, 2.75) is 58.3 Å². The summed E-state index contributed by atoms with van der Waals surface area (Å²) >= 11 is 5.96. The van der Waals surface area contributed by atoms with E-state index in [4.69, 9.17) is 25.8 Å². The number of benzene rings is 2. The summed E-state index contributed by atoms with van der Waals surface area (Å²) in [6.45, 7) is 8.51. The van der Waals surface area contributed by atoms with Gasteiger partial charge in [-0.1, -0.05) is 17.7 Å². The predicted molar refractivity (Wildman–Crippen MR) is 170 cm³/mol. The summed E-state index contributed by atoms with van der Waals surface area (Å²) in [6, 6.07) is 7.69. The molecular formula is C32H39ClFN5O6. The fraction of sp³-hybridized carbons (Fsp3) is 0.438. The van der Waals surface area contributed by atoms with Gasteiger partial charge in [-0.05, 0) is 52.0 Å². The Bertz CT molecular complexity index is 1520. The molecule has 1 atom stereocenters. The van der Waals surface area contributed by atoms with Crippen LogP contribution in [-0.4, -0.2) is 82.5 Å². The lowest BCUT2D eigenvalue weighted by atomic mass is 10.1. The molecule has 45 heavy (non-hydrogen) atoms. The van der Waals surface area contributed by atoms with E-state index in [2.05, 4.69) is 20.6 Å². The lowest BCUT2D eigenvalue weighted by Gasteiger charge is -2.25. The maximum Gasteiger partial charge on any atom is 0.320 e. The molecule has 0 aliphatic carbocycles. The van der Waals surface area contributed by atoms with Crippen LogP contribution in [0, 0.1) is 5.82 Å². The lowest BCUT2D eigenvalue weighted by molar-refractivity contribution is -0.156. The van der Waals surface area contributed by atoms with E-state index in [0.29, 0.717) is 59.9 Å². The minimum atomic E-state index is -0.687. The first-order chi connectivity index (χ1) is 21.4. The van der Waals surface area contributed by atoms with Gasteiger partial charge in [0, 0.05) is 49.1 Å². The molecular weight excluding hydrogens is 605 g/mol. The molecule has 2 heterocycles. The zero-order chi connectivity index (χ0) is 32.6. The Morgan fingerprint density at radius 2 is 1.98 bits per heavy atom. The van der Waals surface area contributed by atoms with E-state index >= 15 is 0 Å². The largest absolute Gasteiger partial charge is 0.488 e. The van der Waals surface area contributed by atoms with Gasteiger partial charge in [-0.15, -0.1) is 0 Å². The molecule has 0 bridgehead atoms. The molecule has 3 aromatic rings. The van der Waals surface area contributed by atoms with Gasteiger partial charge in [0.2, 0.25) is 5.91 Å². The van der Waals surface area contributed by atoms with E-state index in [1.165, 1.54) is 30.6 Å². The van der Waals surface area contributed by atoms with Crippen molar-refractivity contribution in [1.82, 2.24) is 14.9 Å². The SMILES string of the molecule is C[C@@H](O)CN(CC=CC(=O)Nc1cc2c(Nc3ccc(F)c(Cl)c3)ncnc2cc1OC1CCOCC1)CC(=O)OC(C)(C)C. The number of nitrogens with one attached hydrogen (secondary N) is 2. The number of amides is 1. The smallest absolute Gasteiger partial charge is 0.320 e. The van der Waals surface area contributed by atoms with Gasteiger partial charge in [-0.3, -0.25) is 14.5 Å². The number of carbonyl (C=O) groups is 2. The Labute approximate surface area is 266 Å². The van der Waals surface area contributed by atoms with Gasteiger partial charge in [-0.25, -0.2) is 14.4 Å². The molecule has 0 radical (unpaired) electrons. The summed E-state index contributed by atoms with van der Waals surface area (Å²) in [4.78, 5) is 35.9. The number of esters is 1. The van der Waals surface area contributed by atoms with Crippen LogP contribution in [-0.2, 0) is 19.1 Å². The third kappa shape index (κ3) is 10.6. The van der Waals surface area contributed by atoms with Crippen molar-refractivity contribution in [3.63, 3.8) is 0 Å². The minimum Gasteiger partial charge on any atom is -0.488 e. The number of hydrogen-bond acceptors (Lipinski definition) is 10. The van der Waals surface area contributed by atoms with Gasteiger partial charge in [0.1, 0.15) is 35.4 Å². The van der Waals surface area contributed by atoms with Crippen LogP contribution >= 0.6 is 11.6 Å². The van der Waals surface area contributed by atoms with Crippen LogP contribution < -0.4 is 15.4 Å². The Kier molecular flexibility index (Phi) is 11.7. The van der Waals surface area contributed by atoms with Gasteiger partial charge in [0.05, 0.1) is 42.1 Å². The fourth-order valence-corrected chi connectivity index (χ4v) is 4.86. The lowest BCUT2D eigenvalue weighted by Crippen LogP contribution is -2.38. The first-order valence-electron chi connectivity index (χ1n) is 14.7. The summed E-state index contributed by atoms with van der Waals surface area (Å²) < 4.78 is 30.9. The number of aromatic nitrogens is 2. The number of rotatable bonds is 12. The highest BCUT2D eigenvalue weighted by atomic mass is 35.5. The van der Waals surface area contributed by atoms with Crippen molar-refractivity contribution in [2.24, 2.45) is 0 Å². The van der Waals surface area contributed by atoms with Crippen molar-refractivity contribution < 1.29 is 33.3 Å². The average Bonchev–Trinajstić information content (AvgIpc) is 2.95. The second-order valence-corrected chi connectivity index (χ2v) is 12.2. The topological polar surface area (TPSA) is 135 Å². The molecule has 13 heteroatoms. The molecule has 11 nitrogen and oxygen atoms in total. The first kappa shape index (κ1) is 34.0. The predicted octanol–water partition coefficient (Wildman–Crippen LogP) is 5.24. The number of halogens is 2.